The van der Waals surface area contributed by atoms with Crippen LogP contribution < -0.4 is 10.2 Å². The van der Waals surface area contributed by atoms with Gasteiger partial charge in [-0.1, -0.05) is 18.2 Å². The highest BCUT2D eigenvalue weighted by atomic mass is 16.4. The number of benzene rings is 1. The van der Waals surface area contributed by atoms with Crippen molar-refractivity contribution in [1.29, 1.82) is 0 Å². The van der Waals surface area contributed by atoms with Crippen LogP contribution in [0.1, 0.15) is 13.3 Å². The monoisotopic (exact) mass is 262 g/mol. The number of aliphatic carboxylic acids is 1. The number of carbonyl (C=O) groups is 2. The summed E-state index contributed by atoms with van der Waals surface area (Å²) in [5, 5.41) is 12.2. The Kier molecular flexibility index (Phi) is 3.85. The lowest BCUT2D eigenvalue weighted by Crippen LogP contribution is -2.46. The molecule has 1 aliphatic rings. The van der Waals surface area contributed by atoms with E-state index in [0.717, 1.165) is 13.0 Å². The number of hydrogen-bond donors (Lipinski definition) is 2. The van der Waals surface area contributed by atoms with Crippen LogP contribution >= 0.6 is 0 Å². The molecule has 0 radical (unpaired) electrons. The lowest BCUT2D eigenvalue weighted by molar-refractivity contribution is -0.137. The van der Waals surface area contributed by atoms with Gasteiger partial charge >= 0.3 is 5.97 Å². The van der Waals surface area contributed by atoms with Gasteiger partial charge in [0.25, 0.3) is 0 Å². The summed E-state index contributed by atoms with van der Waals surface area (Å²) in [5.74, 6) is -1.14. The fraction of sp³-hybridized carbons (Fsp3) is 0.429. The van der Waals surface area contributed by atoms with Crippen LogP contribution in [0.25, 0.3) is 0 Å². The Hall–Kier alpha value is -1.88. The molecule has 1 unspecified atom stereocenters. The molecule has 2 rings (SSSR count). The number of carboxylic acid groups (broad SMARTS) is 1. The molecular weight excluding hydrogens is 244 g/mol. The van der Waals surface area contributed by atoms with Gasteiger partial charge in [0.1, 0.15) is 6.54 Å². The van der Waals surface area contributed by atoms with Gasteiger partial charge in [-0.25, -0.2) is 0 Å². The van der Waals surface area contributed by atoms with E-state index in [1.54, 1.807) is 24.3 Å². The summed E-state index contributed by atoms with van der Waals surface area (Å²) < 4.78 is 0. The standard InChI is InChI=1S/C14H18N2O3/c1-14(7-8-15-10-14)13(19)16(9-12(17)18)11-5-3-2-4-6-11/h2-6,15H,7-10H2,1H3,(H,17,18). The lowest BCUT2D eigenvalue weighted by atomic mass is 9.88. The number of carboxylic acids is 1. The Labute approximate surface area is 112 Å². The maximum atomic E-state index is 12.6. The Bertz CT molecular complexity index is 467. The minimum Gasteiger partial charge on any atom is -0.480 e. The second-order valence-corrected chi connectivity index (χ2v) is 5.11. The summed E-state index contributed by atoms with van der Waals surface area (Å²) in [5.41, 5.74) is 0.105. The molecule has 0 bridgehead atoms. The first-order valence-corrected chi connectivity index (χ1v) is 6.32. The molecule has 1 aromatic rings. The molecule has 0 spiro atoms. The molecular formula is C14H18N2O3. The van der Waals surface area contributed by atoms with Crippen LogP contribution in [0.5, 0.6) is 0 Å². The summed E-state index contributed by atoms with van der Waals surface area (Å²) in [6.07, 6.45) is 0.731. The highest BCUT2D eigenvalue weighted by molar-refractivity contribution is 6.00. The predicted molar refractivity (Wildman–Crippen MR) is 72.0 cm³/mol. The SMILES string of the molecule is CC1(C(=O)N(CC(=O)O)c2ccccc2)CCNC1. The molecule has 0 aliphatic carbocycles. The number of nitrogens with one attached hydrogen (secondary N) is 1. The quantitative estimate of drug-likeness (QED) is 0.852. The van der Waals surface area contributed by atoms with Crippen molar-refractivity contribution in [3.8, 4) is 0 Å². The van der Waals surface area contributed by atoms with E-state index >= 15 is 0 Å². The van der Waals surface area contributed by atoms with Gasteiger partial charge in [0, 0.05) is 12.2 Å². The van der Waals surface area contributed by atoms with Crippen molar-refractivity contribution in [2.45, 2.75) is 13.3 Å². The average Bonchev–Trinajstić information content (AvgIpc) is 2.84. The van der Waals surface area contributed by atoms with Gasteiger partial charge in [-0.2, -0.15) is 0 Å². The highest BCUT2D eigenvalue weighted by Gasteiger charge is 2.40. The van der Waals surface area contributed by atoms with Crippen LogP contribution in [0.2, 0.25) is 0 Å². The van der Waals surface area contributed by atoms with E-state index in [2.05, 4.69) is 5.32 Å². The Morgan fingerprint density at radius 3 is 2.58 bits per heavy atom. The molecule has 1 fully saturated rings. The number of para-hydroxylation sites is 1. The zero-order chi connectivity index (χ0) is 13.9. The van der Waals surface area contributed by atoms with E-state index in [-0.39, 0.29) is 12.5 Å². The van der Waals surface area contributed by atoms with Gasteiger partial charge in [0.2, 0.25) is 5.91 Å². The van der Waals surface area contributed by atoms with Gasteiger partial charge in [-0.15, -0.1) is 0 Å². The van der Waals surface area contributed by atoms with Crippen molar-refractivity contribution in [2.24, 2.45) is 5.41 Å². The van der Waals surface area contributed by atoms with Crippen LogP contribution in [0, 0.1) is 5.41 Å². The number of hydrogen-bond acceptors (Lipinski definition) is 3. The second kappa shape index (κ2) is 5.40. The van der Waals surface area contributed by atoms with Crippen molar-refractivity contribution in [2.75, 3.05) is 24.5 Å². The molecule has 19 heavy (non-hydrogen) atoms. The van der Waals surface area contributed by atoms with Crippen LogP contribution in [0.3, 0.4) is 0 Å². The number of carbonyl (C=O) groups excluding carboxylic acids is 1. The van der Waals surface area contributed by atoms with Crippen molar-refractivity contribution < 1.29 is 14.7 Å². The summed E-state index contributed by atoms with van der Waals surface area (Å²) in [7, 11) is 0. The molecule has 1 aliphatic heterocycles. The number of rotatable bonds is 4. The van der Waals surface area contributed by atoms with Crippen molar-refractivity contribution in [3.63, 3.8) is 0 Å². The zero-order valence-electron chi connectivity index (χ0n) is 10.9. The van der Waals surface area contributed by atoms with Crippen LogP contribution in [-0.2, 0) is 9.59 Å². The molecule has 1 saturated heterocycles. The van der Waals surface area contributed by atoms with Gasteiger partial charge in [-0.05, 0) is 32.0 Å². The number of anilines is 1. The van der Waals surface area contributed by atoms with E-state index < -0.39 is 11.4 Å². The second-order valence-electron chi connectivity index (χ2n) is 5.11. The molecule has 1 aromatic carbocycles. The van der Waals surface area contributed by atoms with E-state index in [0.29, 0.717) is 12.2 Å². The Morgan fingerprint density at radius 2 is 2.05 bits per heavy atom. The average molecular weight is 262 g/mol. The minimum atomic E-state index is -1.01. The summed E-state index contributed by atoms with van der Waals surface area (Å²) in [4.78, 5) is 25.0. The third-order valence-electron chi connectivity index (χ3n) is 3.49. The predicted octanol–water partition coefficient (Wildman–Crippen LogP) is 1.10. The topological polar surface area (TPSA) is 69.6 Å². The van der Waals surface area contributed by atoms with E-state index in [9.17, 15) is 9.59 Å². The number of amides is 1. The van der Waals surface area contributed by atoms with Crippen LogP contribution in [0.4, 0.5) is 5.69 Å². The zero-order valence-corrected chi connectivity index (χ0v) is 10.9. The van der Waals surface area contributed by atoms with Gasteiger partial charge in [-0.3, -0.25) is 9.59 Å². The summed E-state index contributed by atoms with van der Waals surface area (Å²) >= 11 is 0. The van der Waals surface area contributed by atoms with Crippen molar-refractivity contribution in [3.05, 3.63) is 30.3 Å². The maximum Gasteiger partial charge on any atom is 0.323 e. The van der Waals surface area contributed by atoms with Gasteiger partial charge < -0.3 is 15.3 Å². The smallest absolute Gasteiger partial charge is 0.323 e. The van der Waals surface area contributed by atoms with Crippen molar-refractivity contribution in [1.82, 2.24) is 5.32 Å². The third kappa shape index (κ3) is 2.93. The molecule has 5 nitrogen and oxygen atoms in total. The first-order chi connectivity index (χ1) is 9.03. The summed E-state index contributed by atoms with van der Waals surface area (Å²) in [6, 6.07) is 8.95. The largest absolute Gasteiger partial charge is 0.480 e. The van der Waals surface area contributed by atoms with Gasteiger partial charge in [0.05, 0.1) is 5.41 Å². The molecule has 5 heteroatoms. The lowest BCUT2D eigenvalue weighted by Gasteiger charge is -2.30. The first-order valence-electron chi connectivity index (χ1n) is 6.32. The number of nitrogens with zero attached hydrogens (tertiary/aromatic N) is 1. The van der Waals surface area contributed by atoms with Crippen molar-refractivity contribution >= 4 is 17.6 Å². The van der Waals surface area contributed by atoms with E-state index in [1.165, 1.54) is 4.90 Å². The van der Waals surface area contributed by atoms with Gasteiger partial charge in [0.15, 0.2) is 0 Å². The normalized spacial score (nSPS) is 22.2. The molecule has 2 N–H and O–H groups in total. The Morgan fingerprint density at radius 1 is 1.37 bits per heavy atom. The highest BCUT2D eigenvalue weighted by Crippen LogP contribution is 2.29. The van der Waals surface area contributed by atoms with E-state index in [4.69, 9.17) is 5.11 Å². The molecule has 0 aromatic heterocycles. The van der Waals surface area contributed by atoms with Crippen LogP contribution in [0.15, 0.2) is 30.3 Å². The molecule has 1 amide bonds. The molecule has 1 atom stereocenters. The third-order valence-corrected chi connectivity index (χ3v) is 3.49. The summed E-state index contributed by atoms with van der Waals surface area (Å²) in [6.45, 7) is 2.96. The fourth-order valence-corrected chi connectivity index (χ4v) is 2.35. The molecule has 1 heterocycles. The fourth-order valence-electron chi connectivity index (χ4n) is 2.35. The van der Waals surface area contributed by atoms with Crippen LogP contribution in [-0.4, -0.2) is 36.6 Å². The molecule has 0 saturated carbocycles. The Balaban J connectivity index is 2.27. The molecule has 102 valence electrons. The minimum absolute atomic E-state index is 0.133. The first kappa shape index (κ1) is 13.5. The maximum absolute atomic E-state index is 12.6. The van der Waals surface area contributed by atoms with E-state index in [1.807, 2.05) is 13.0 Å².